The minimum atomic E-state index is -1.79. The second-order valence-corrected chi connectivity index (χ2v) is 3.78. The molecule has 0 heterocycles. The number of carbonyl (C=O) groups excluding carboxylic acids is 2. The number of esters is 2. The number of aliphatic hydroxyl groups excluding tert-OH is 1. The van der Waals surface area contributed by atoms with E-state index in [2.05, 4.69) is 4.74 Å². The van der Waals surface area contributed by atoms with Crippen LogP contribution in [-0.4, -0.2) is 28.0 Å². The Bertz CT molecular complexity index is 514. The third-order valence-corrected chi connectivity index (χ3v) is 2.19. The maximum atomic E-state index is 11.4. The second-order valence-electron chi connectivity index (χ2n) is 3.78. The summed E-state index contributed by atoms with van der Waals surface area (Å²) in [6.07, 6.45) is -1.79. The monoisotopic (exact) mass is 268 g/mol. The van der Waals surface area contributed by atoms with Crippen LogP contribution in [-0.2, 0) is 14.3 Å². The van der Waals surface area contributed by atoms with Crippen LogP contribution < -0.4 is 5.73 Å². The number of nitrogens with zero attached hydrogens (tertiary/aromatic N) is 1. The van der Waals surface area contributed by atoms with Crippen LogP contribution in [0.1, 0.15) is 18.6 Å². The first-order valence-electron chi connectivity index (χ1n) is 5.26. The molecule has 0 fully saturated rings. The smallest absolute Gasteiger partial charge is 0.347 e. The molecule has 0 aliphatic carbocycles. The molecule has 0 bridgehead atoms. The number of nitro benzene ring substituents is 1. The molecule has 102 valence electrons. The van der Waals surface area contributed by atoms with Crippen molar-refractivity contribution in [1.29, 1.82) is 0 Å². The maximum Gasteiger partial charge on any atom is 0.347 e. The Hall–Kier alpha value is -2.32. The summed E-state index contributed by atoms with van der Waals surface area (Å²) in [6, 6.07) is 3.81. The number of nitro groups is 1. The van der Waals surface area contributed by atoms with Gasteiger partial charge in [0.2, 0.25) is 0 Å². The summed E-state index contributed by atoms with van der Waals surface area (Å²) < 4.78 is 4.31. The zero-order valence-corrected chi connectivity index (χ0v) is 9.98. The van der Waals surface area contributed by atoms with Crippen LogP contribution in [0.25, 0.3) is 0 Å². The van der Waals surface area contributed by atoms with Crippen LogP contribution in [0.15, 0.2) is 24.3 Å². The quantitative estimate of drug-likeness (QED) is 0.341. The van der Waals surface area contributed by atoms with Crippen molar-refractivity contribution < 1.29 is 24.4 Å². The Labute approximate surface area is 107 Å². The van der Waals surface area contributed by atoms with Gasteiger partial charge in [0, 0.05) is 12.1 Å². The van der Waals surface area contributed by atoms with Gasteiger partial charge in [-0.15, -0.1) is 0 Å². The van der Waals surface area contributed by atoms with Crippen LogP contribution in [0.5, 0.6) is 0 Å². The molecule has 0 unspecified atom stereocenters. The third kappa shape index (κ3) is 3.83. The highest BCUT2D eigenvalue weighted by Gasteiger charge is 2.24. The highest BCUT2D eigenvalue weighted by atomic mass is 16.6. The average Bonchev–Trinajstić information content (AvgIpc) is 2.37. The van der Waals surface area contributed by atoms with Crippen molar-refractivity contribution in [3.05, 3.63) is 39.9 Å². The highest BCUT2D eigenvalue weighted by molar-refractivity contribution is 5.90. The van der Waals surface area contributed by atoms with Gasteiger partial charge >= 0.3 is 11.9 Å². The molecule has 1 aromatic rings. The van der Waals surface area contributed by atoms with E-state index in [-0.39, 0.29) is 11.3 Å². The molecule has 0 aliphatic heterocycles. The van der Waals surface area contributed by atoms with Crippen molar-refractivity contribution in [2.45, 2.75) is 19.1 Å². The molecule has 0 aliphatic rings. The first-order valence-corrected chi connectivity index (χ1v) is 5.26. The summed E-state index contributed by atoms with van der Waals surface area (Å²) in [5, 5.41) is 20.2. The number of nitrogens with two attached hydrogens (primary N) is 1. The minimum Gasteiger partial charge on any atom is -0.390 e. The van der Waals surface area contributed by atoms with Crippen molar-refractivity contribution in [1.82, 2.24) is 0 Å². The fourth-order valence-corrected chi connectivity index (χ4v) is 1.19. The largest absolute Gasteiger partial charge is 0.390 e. The number of non-ortho nitro benzene ring substituents is 1. The lowest BCUT2D eigenvalue weighted by Gasteiger charge is -2.10. The Balaban J connectivity index is 2.85. The Morgan fingerprint density at radius 3 is 2.58 bits per heavy atom. The van der Waals surface area contributed by atoms with E-state index >= 15 is 0 Å². The van der Waals surface area contributed by atoms with Crippen molar-refractivity contribution >= 4 is 17.6 Å². The van der Waals surface area contributed by atoms with E-state index in [1.54, 1.807) is 0 Å². The molecular formula is C11H12N2O6. The first kappa shape index (κ1) is 14.7. The van der Waals surface area contributed by atoms with E-state index in [1.165, 1.54) is 25.1 Å². The molecule has 3 N–H and O–H groups in total. The lowest BCUT2D eigenvalue weighted by Crippen LogP contribution is -2.32. The molecule has 0 aromatic heterocycles. The van der Waals surface area contributed by atoms with E-state index in [0.29, 0.717) is 0 Å². The topological polar surface area (TPSA) is 133 Å². The van der Waals surface area contributed by atoms with E-state index < -0.39 is 29.0 Å². The zero-order valence-electron chi connectivity index (χ0n) is 9.98. The Morgan fingerprint density at radius 1 is 1.42 bits per heavy atom. The number of carbonyl (C=O) groups is 2. The highest BCUT2D eigenvalue weighted by Crippen LogP contribution is 2.20. The summed E-state index contributed by atoms with van der Waals surface area (Å²) in [6.45, 7) is 1.31. The SMILES string of the molecule is C[C@H](N)C(=O)OC(=O)[C@@H](O)c1cccc([N+](=O)[O-])c1. The molecule has 19 heavy (non-hydrogen) atoms. The summed E-state index contributed by atoms with van der Waals surface area (Å²) >= 11 is 0. The molecule has 1 rings (SSSR count). The second kappa shape index (κ2) is 6.03. The van der Waals surface area contributed by atoms with Crippen LogP contribution in [0.2, 0.25) is 0 Å². The lowest BCUT2D eigenvalue weighted by atomic mass is 10.1. The van der Waals surface area contributed by atoms with Crippen LogP contribution in [0, 0.1) is 10.1 Å². The molecule has 0 amide bonds. The fourth-order valence-electron chi connectivity index (χ4n) is 1.19. The fraction of sp³-hybridized carbons (Fsp3) is 0.273. The predicted molar refractivity (Wildman–Crippen MR) is 62.8 cm³/mol. The van der Waals surface area contributed by atoms with Crippen LogP contribution >= 0.6 is 0 Å². The number of rotatable bonds is 4. The number of aliphatic hydroxyl groups is 1. The van der Waals surface area contributed by atoms with Crippen LogP contribution in [0.3, 0.4) is 0 Å². The van der Waals surface area contributed by atoms with Crippen molar-refractivity contribution in [3.63, 3.8) is 0 Å². The van der Waals surface area contributed by atoms with Crippen molar-refractivity contribution in [2.75, 3.05) is 0 Å². The summed E-state index contributed by atoms with van der Waals surface area (Å²) in [5.41, 5.74) is 4.86. The zero-order chi connectivity index (χ0) is 14.6. The average molecular weight is 268 g/mol. The molecule has 1 aromatic carbocycles. The van der Waals surface area contributed by atoms with Gasteiger partial charge in [-0.1, -0.05) is 12.1 Å². The number of benzene rings is 1. The van der Waals surface area contributed by atoms with Gasteiger partial charge < -0.3 is 15.6 Å². The predicted octanol–water partition coefficient (Wildman–Crippen LogP) is 0.0452. The van der Waals surface area contributed by atoms with E-state index in [1.807, 2.05) is 0 Å². The molecule has 0 radical (unpaired) electrons. The summed E-state index contributed by atoms with van der Waals surface area (Å²) in [4.78, 5) is 32.4. The van der Waals surface area contributed by atoms with E-state index in [0.717, 1.165) is 6.07 Å². The van der Waals surface area contributed by atoms with Gasteiger partial charge in [-0.25, -0.2) is 9.59 Å². The number of hydrogen-bond acceptors (Lipinski definition) is 7. The van der Waals surface area contributed by atoms with Crippen molar-refractivity contribution in [3.8, 4) is 0 Å². The minimum absolute atomic E-state index is 0.0447. The molecule has 0 spiro atoms. The maximum absolute atomic E-state index is 11.4. The summed E-state index contributed by atoms with van der Waals surface area (Å²) in [5.74, 6) is -2.22. The Morgan fingerprint density at radius 2 is 2.05 bits per heavy atom. The summed E-state index contributed by atoms with van der Waals surface area (Å²) in [7, 11) is 0. The van der Waals surface area contributed by atoms with Gasteiger partial charge in [0.05, 0.1) is 4.92 Å². The third-order valence-electron chi connectivity index (χ3n) is 2.19. The van der Waals surface area contributed by atoms with Gasteiger partial charge in [0.1, 0.15) is 6.04 Å². The number of ether oxygens (including phenoxy) is 1. The Kier molecular flexibility index (Phi) is 4.67. The van der Waals surface area contributed by atoms with E-state index in [9.17, 15) is 24.8 Å². The first-order chi connectivity index (χ1) is 8.82. The standard InChI is InChI=1S/C11H12N2O6/c1-6(12)10(15)19-11(16)9(14)7-3-2-4-8(5-7)13(17)18/h2-6,9,14H,12H2,1H3/t6-,9-/m0/s1. The van der Waals surface area contributed by atoms with E-state index in [4.69, 9.17) is 5.73 Å². The normalized spacial score (nSPS) is 13.4. The molecule has 0 saturated carbocycles. The number of hydrogen-bond donors (Lipinski definition) is 2. The van der Waals surface area contributed by atoms with Gasteiger partial charge in [-0.05, 0) is 12.5 Å². The molecule has 8 nitrogen and oxygen atoms in total. The lowest BCUT2D eigenvalue weighted by molar-refractivity contribution is -0.385. The van der Waals surface area contributed by atoms with Crippen molar-refractivity contribution in [2.24, 2.45) is 5.73 Å². The molecule has 0 saturated heterocycles. The van der Waals surface area contributed by atoms with Gasteiger partial charge in [-0.2, -0.15) is 0 Å². The molecule has 2 atom stereocenters. The molecule has 8 heteroatoms. The van der Waals surface area contributed by atoms with Gasteiger partial charge in [-0.3, -0.25) is 10.1 Å². The van der Waals surface area contributed by atoms with Gasteiger partial charge in [0.15, 0.2) is 6.10 Å². The van der Waals surface area contributed by atoms with Crippen LogP contribution in [0.4, 0.5) is 5.69 Å². The molecular weight excluding hydrogens is 256 g/mol. The van der Waals surface area contributed by atoms with Gasteiger partial charge in [0.25, 0.3) is 5.69 Å².